The molecule has 84 valence electrons. The van der Waals surface area contributed by atoms with E-state index in [0.29, 0.717) is 0 Å². The third kappa shape index (κ3) is 4.51. The Hall–Kier alpha value is -0.0900. The molecule has 0 fully saturated rings. The van der Waals surface area contributed by atoms with Gasteiger partial charge in [-0.15, -0.1) is 0 Å². The van der Waals surface area contributed by atoms with Crippen LogP contribution in [-0.4, -0.2) is 0 Å². The Labute approximate surface area is 107 Å². The summed E-state index contributed by atoms with van der Waals surface area (Å²) < 4.78 is 1.27. The second kappa shape index (κ2) is 6.48. The lowest BCUT2D eigenvalue weighted by Gasteiger charge is -2.17. The van der Waals surface area contributed by atoms with Crippen molar-refractivity contribution in [2.45, 2.75) is 39.2 Å². The van der Waals surface area contributed by atoms with Gasteiger partial charge in [0.2, 0.25) is 0 Å². The molecule has 2 unspecified atom stereocenters. The highest BCUT2D eigenvalue weighted by atomic mass is 127. The predicted molar refractivity (Wildman–Crippen MR) is 74.8 cm³/mol. The van der Waals surface area contributed by atoms with E-state index in [1.54, 1.807) is 0 Å². The lowest BCUT2D eigenvalue weighted by molar-refractivity contribution is 0.440. The van der Waals surface area contributed by atoms with Crippen molar-refractivity contribution < 1.29 is 0 Å². The summed E-state index contributed by atoms with van der Waals surface area (Å²) in [5, 5.41) is 0. The third-order valence-electron chi connectivity index (χ3n) is 2.71. The topological polar surface area (TPSA) is 26.0 Å². The van der Waals surface area contributed by atoms with Crippen LogP contribution in [0, 0.1) is 9.49 Å². The van der Waals surface area contributed by atoms with Gasteiger partial charge in [-0.05, 0) is 52.6 Å². The van der Waals surface area contributed by atoms with Gasteiger partial charge in [-0.1, -0.05) is 38.8 Å². The van der Waals surface area contributed by atoms with E-state index < -0.39 is 0 Å². The van der Waals surface area contributed by atoms with Crippen molar-refractivity contribution in [2.75, 3.05) is 0 Å². The zero-order valence-electron chi connectivity index (χ0n) is 9.54. The minimum Gasteiger partial charge on any atom is -0.324 e. The zero-order chi connectivity index (χ0) is 11.3. The van der Waals surface area contributed by atoms with Gasteiger partial charge in [-0.3, -0.25) is 0 Å². The predicted octanol–water partition coefficient (Wildman–Crippen LogP) is 4.12. The van der Waals surface area contributed by atoms with Gasteiger partial charge in [0.15, 0.2) is 0 Å². The number of benzene rings is 1. The van der Waals surface area contributed by atoms with Gasteiger partial charge in [0, 0.05) is 9.61 Å². The molecule has 1 rings (SSSR count). The molecule has 2 atom stereocenters. The van der Waals surface area contributed by atoms with E-state index >= 15 is 0 Å². The Bertz CT molecular complexity index is 298. The molecule has 1 aromatic carbocycles. The molecule has 1 nitrogen and oxygen atoms in total. The van der Waals surface area contributed by atoms with E-state index in [0.717, 1.165) is 12.3 Å². The molecule has 15 heavy (non-hydrogen) atoms. The summed E-state index contributed by atoms with van der Waals surface area (Å²) in [4.78, 5) is 0. The van der Waals surface area contributed by atoms with E-state index in [9.17, 15) is 0 Å². The van der Waals surface area contributed by atoms with Crippen molar-refractivity contribution in [2.24, 2.45) is 11.7 Å². The first kappa shape index (κ1) is 13.0. The average Bonchev–Trinajstić information content (AvgIpc) is 2.18. The van der Waals surface area contributed by atoms with Gasteiger partial charge in [0.25, 0.3) is 0 Å². The number of hydrogen-bond donors (Lipinski definition) is 1. The smallest absolute Gasteiger partial charge is 0.0297 e. The van der Waals surface area contributed by atoms with Crippen molar-refractivity contribution in [1.29, 1.82) is 0 Å². The number of hydrogen-bond acceptors (Lipinski definition) is 1. The first-order valence-corrected chi connectivity index (χ1v) is 6.72. The van der Waals surface area contributed by atoms with Crippen LogP contribution < -0.4 is 5.73 Å². The monoisotopic (exact) mass is 317 g/mol. The Balaban J connectivity index is 2.56. The number of rotatable bonds is 5. The molecule has 1 aromatic rings. The van der Waals surface area contributed by atoms with E-state index in [-0.39, 0.29) is 6.04 Å². The highest BCUT2D eigenvalue weighted by molar-refractivity contribution is 14.1. The summed E-state index contributed by atoms with van der Waals surface area (Å²) in [6, 6.07) is 8.70. The van der Waals surface area contributed by atoms with Crippen LogP contribution in [0.1, 0.15) is 44.7 Å². The standard InChI is InChI=1S/C13H20IN/c1-3-5-10(2)8-13(15)11-6-4-7-12(14)9-11/h4,6-7,9-10,13H,3,5,8,15H2,1-2H3. The van der Waals surface area contributed by atoms with E-state index in [2.05, 4.69) is 60.7 Å². The molecule has 0 bridgehead atoms. The van der Waals surface area contributed by atoms with Crippen molar-refractivity contribution in [3.63, 3.8) is 0 Å². The molecular formula is C13H20IN. The van der Waals surface area contributed by atoms with Crippen LogP contribution in [0.25, 0.3) is 0 Å². The van der Waals surface area contributed by atoms with Crippen molar-refractivity contribution >= 4 is 22.6 Å². The van der Waals surface area contributed by atoms with Gasteiger partial charge in [-0.2, -0.15) is 0 Å². The second-order valence-electron chi connectivity index (χ2n) is 4.29. The molecular weight excluding hydrogens is 297 g/mol. The molecule has 0 heterocycles. The summed E-state index contributed by atoms with van der Waals surface area (Å²) in [5.74, 6) is 0.725. The van der Waals surface area contributed by atoms with E-state index in [1.807, 2.05) is 0 Å². The highest BCUT2D eigenvalue weighted by Gasteiger charge is 2.10. The fourth-order valence-electron chi connectivity index (χ4n) is 1.92. The fourth-order valence-corrected chi connectivity index (χ4v) is 2.48. The van der Waals surface area contributed by atoms with E-state index in [1.165, 1.54) is 22.0 Å². The Kier molecular flexibility index (Phi) is 5.61. The molecule has 2 N–H and O–H groups in total. The van der Waals surface area contributed by atoms with Gasteiger partial charge >= 0.3 is 0 Å². The van der Waals surface area contributed by atoms with Crippen LogP contribution >= 0.6 is 22.6 Å². The van der Waals surface area contributed by atoms with Crippen LogP contribution in [0.3, 0.4) is 0 Å². The molecule has 2 heteroatoms. The molecule has 0 aliphatic carbocycles. The number of nitrogens with two attached hydrogens (primary N) is 1. The lowest BCUT2D eigenvalue weighted by atomic mass is 9.94. The molecule has 0 radical (unpaired) electrons. The van der Waals surface area contributed by atoms with Gasteiger partial charge in [0.1, 0.15) is 0 Å². The van der Waals surface area contributed by atoms with Crippen LogP contribution in [0.2, 0.25) is 0 Å². The van der Waals surface area contributed by atoms with E-state index in [4.69, 9.17) is 5.73 Å². The van der Waals surface area contributed by atoms with Crippen LogP contribution in [0.5, 0.6) is 0 Å². The quantitative estimate of drug-likeness (QED) is 0.812. The normalized spacial score (nSPS) is 14.9. The minimum atomic E-state index is 0.196. The average molecular weight is 317 g/mol. The summed E-state index contributed by atoms with van der Waals surface area (Å²) in [6.07, 6.45) is 3.62. The van der Waals surface area contributed by atoms with Gasteiger partial charge in [0.05, 0.1) is 0 Å². The summed E-state index contributed by atoms with van der Waals surface area (Å²) in [5.41, 5.74) is 7.46. The van der Waals surface area contributed by atoms with Crippen LogP contribution in [0.4, 0.5) is 0 Å². The Morgan fingerprint density at radius 3 is 2.73 bits per heavy atom. The molecule has 0 aliphatic heterocycles. The molecule has 0 aromatic heterocycles. The van der Waals surface area contributed by atoms with Crippen molar-refractivity contribution in [3.8, 4) is 0 Å². The maximum Gasteiger partial charge on any atom is 0.0297 e. The lowest BCUT2D eigenvalue weighted by Crippen LogP contribution is -2.14. The largest absolute Gasteiger partial charge is 0.324 e. The zero-order valence-corrected chi connectivity index (χ0v) is 11.7. The Morgan fingerprint density at radius 1 is 1.40 bits per heavy atom. The molecule has 0 aliphatic rings. The third-order valence-corrected chi connectivity index (χ3v) is 3.39. The SMILES string of the molecule is CCCC(C)CC(N)c1cccc(I)c1. The molecule has 0 spiro atoms. The first-order chi connectivity index (χ1) is 7.13. The van der Waals surface area contributed by atoms with Crippen LogP contribution in [0.15, 0.2) is 24.3 Å². The molecule has 0 saturated carbocycles. The Morgan fingerprint density at radius 2 is 2.13 bits per heavy atom. The minimum absolute atomic E-state index is 0.196. The summed E-state index contributed by atoms with van der Waals surface area (Å²) >= 11 is 2.33. The highest BCUT2D eigenvalue weighted by Crippen LogP contribution is 2.22. The summed E-state index contributed by atoms with van der Waals surface area (Å²) in [7, 11) is 0. The van der Waals surface area contributed by atoms with Gasteiger partial charge < -0.3 is 5.73 Å². The maximum atomic E-state index is 6.19. The molecule has 0 amide bonds. The first-order valence-electron chi connectivity index (χ1n) is 5.64. The van der Waals surface area contributed by atoms with Crippen molar-refractivity contribution in [3.05, 3.63) is 33.4 Å². The molecule has 0 saturated heterocycles. The van der Waals surface area contributed by atoms with Gasteiger partial charge in [-0.25, -0.2) is 0 Å². The summed E-state index contributed by atoms with van der Waals surface area (Å²) in [6.45, 7) is 4.52. The van der Waals surface area contributed by atoms with Crippen LogP contribution in [-0.2, 0) is 0 Å². The fraction of sp³-hybridized carbons (Fsp3) is 0.538. The maximum absolute atomic E-state index is 6.19. The van der Waals surface area contributed by atoms with Crippen molar-refractivity contribution in [1.82, 2.24) is 0 Å². The second-order valence-corrected chi connectivity index (χ2v) is 5.54. The number of halogens is 1.